The van der Waals surface area contributed by atoms with E-state index in [0.29, 0.717) is 13.0 Å². The molecule has 0 aliphatic heterocycles. The van der Waals surface area contributed by atoms with Crippen LogP contribution >= 0.6 is 0 Å². The average molecular weight is 302 g/mol. The third-order valence-corrected chi connectivity index (χ3v) is 3.02. The van der Waals surface area contributed by atoms with Crippen molar-refractivity contribution in [2.45, 2.75) is 32.8 Å². The van der Waals surface area contributed by atoms with Gasteiger partial charge in [-0.1, -0.05) is 6.58 Å². The number of ether oxygens (including phenoxy) is 2. The molecule has 0 radical (unpaired) electrons. The van der Waals surface area contributed by atoms with Gasteiger partial charge in [0.1, 0.15) is 11.4 Å². The lowest BCUT2D eigenvalue weighted by molar-refractivity contribution is 0.0528. The van der Waals surface area contributed by atoms with Gasteiger partial charge in [-0.3, -0.25) is 0 Å². The number of aromatic nitrogens is 1. The highest BCUT2D eigenvalue weighted by Gasteiger charge is 2.15. The van der Waals surface area contributed by atoms with E-state index < -0.39 is 11.7 Å². The van der Waals surface area contributed by atoms with Crippen molar-refractivity contribution < 1.29 is 14.3 Å². The summed E-state index contributed by atoms with van der Waals surface area (Å²) < 4.78 is 10.5. The van der Waals surface area contributed by atoms with E-state index in [9.17, 15) is 4.79 Å². The first kappa shape index (κ1) is 15.9. The number of hydrogen-bond donors (Lipinski definition) is 2. The van der Waals surface area contributed by atoms with E-state index in [4.69, 9.17) is 9.47 Å². The molecule has 5 heteroatoms. The SMILES string of the molecule is C=COc1ccc2[nH]cc(CCNC(=O)OC(C)(C)C)c2c1. The molecule has 1 aromatic heterocycles. The van der Waals surface area contributed by atoms with Crippen molar-refractivity contribution in [2.24, 2.45) is 0 Å². The van der Waals surface area contributed by atoms with Crippen LogP contribution < -0.4 is 10.1 Å². The first-order valence-corrected chi connectivity index (χ1v) is 7.23. The van der Waals surface area contributed by atoms with Crippen molar-refractivity contribution in [1.29, 1.82) is 0 Å². The minimum atomic E-state index is -0.484. The smallest absolute Gasteiger partial charge is 0.407 e. The van der Waals surface area contributed by atoms with Gasteiger partial charge in [0.05, 0.1) is 6.26 Å². The van der Waals surface area contributed by atoms with Crippen LogP contribution in [0.25, 0.3) is 10.9 Å². The maximum atomic E-state index is 11.6. The number of aromatic amines is 1. The zero-order chi connectivity index (χ0) is 16.2. The van der Waals surface area contributed by atoms with Crippen LogP contribution in [0.15, 0.2) is 37.2 Å². The fourth-order valence-electron chi connectivity index (χ4n) is 2.15. The summed E-state index contributed by atoms with van der Waals surface area (Å²) in [5.74, 6) is 0.739. The van der Waals surface area contributed by atoms with Gasteiger partial charge in [-0.2, -0.15) is 0 Å². The Kier molecular flexibility index (Phi) is 4.75. The van der Waals surface area contributed by atoms with E-state index >= 15 is 0 Å². The molecule has 0 bridgehead atoms. The van der Waals surface area contributed by atoms with Crippen molar-refractivity contribution in [1.82, 2.24) is 10.3 Å². The van der Waals surface area contributed by atoms with E-state index in [1.54, 1.807) is 0 Å². The van der Waals surface area contributed by atoms with Crippen molar-refractivity contribution in [3.8, 4) is 5.75 Å². The molecule has 118 valence electrons. The number of hydrogen-bond acceptors (Lipinski definition) is 3. The molecule has 0 saturated carbocycles. The molecule has 22 heavy (non-hydrogen) atoms. The maximum Gasteiger partial charge on any atom is 0.407 e. The molecule has 2 N–H and O–H groups in total. The van der Waals surface area contributed by atoms with Crippen LogP contribution in [-0.2, 0) is 11.2 Å². The summed E-state index contributed by atoms with van der Waals surface area (Å²) in [5.41, 5.74) is 1.66. The Labute approximate surface area is 130 Å². The van der Waals surface area contributed by atoms with Gasteiger partial charge >= 0.3 is 6.09 Å². The van der Waals surface area contributed by atoms with Gasteiger partial charge in [0.2, 0.25) is 0 Å². The van der Waals surface area contributed by atoms with Gasteiger partial charge in [-0.15, -0.1) is 0 Å². The Morgan fingerprint density at radius 2 is 2.18 bits per heavy atom. The zero-order valence-electron chi connectivity index (χ0n) is 13.2. The standard InChI is InChI=1S/C17H22N2O3/c1-5-21-13-6-7-15-14(10-13)12(11-19-15)8-9-18-16(20)22-17(2,3)4/h5-7,10-11,19H,1,8-9H2,2-4H3,(H,18,20). The molecule has 0 aliphatic rings. The van der Waals surface area contributed by atoms with Crippen molar-refractivity contribution in [2.75, 3.05) is 6.54 Å². The Hall–Kier alpha value is -2.43. The van der Waals surface area contributed by atoms with Crippen LogP contribution in [0, 0.1) is 0 Å². The number of alkyl carbamates (subject to hydrolysis) is 1. The zero-order valence-corrected chi connectivity index (χ0v) is 13.2. The Morgan fingerprint density at radius 3 is 2.86 bits per heavy atom. The van der Waals surface area contributed by atoms with E-state index in [1.165, 1.54) is 6.26 Å². The first-order valence-electron chi connectivity index (χ1n) is 7.23. The summed E-state index contributed by atoms with van der Waals surface area (Å²) in [6.07, 6.45) is 3.65. The van der Waals surface area contributed by atoms with Crippen molar-refractivity contribution in [3.05, 3.63) is 42.8 Å². The second-order valence-corrected chi connectivity index (χ2v) is 5.98. The molecule has 0 saturated heterocycles. The number of H-pyrrole nitrogens is 1. The number of benzene rings is 1. The quantitative estimate of drug-likeness (QED) is 0.827. The largest absolute Gasteiger partial charge is 0.466 e. The van der Waals surface area contributed by atoms with Gasteiger partial charge < -0.3 is 19.8 Å². The summed E-state index contributed by atoms with van der Waals surface area (Å²) >= 11 is 0. The van der Waals surface area contributed by atoms with E-state index in [0.717, 1.165) is 22.2 Å². The highest BCUT2D eigenvalue weighted by Crippen LogP contribution is 2.24. The van der Waals surface area contributed by atoms with Crippen molar-refractivity contribution >= 4 is 17.0 Å². The van der Waals surface area contributed by atoms with Gasteiger partial charge in [0.15, 0.2) is 0 Å². The first-order chi connectivity index (χ1) is 10.4. The fourth-order valence-corrected chi connectivity index (χ4v) is 2.15. The minimum Gasteiger partial charge on any atom is -0.466 e. The van der Waals surface area contributed by atoms with Crippen LogP contribution in [-0.4, -0.2) is 23.2 Å². The van der Waals surface area contributed by atoms with Crippen LogP contribution in [0.3, 0.4) is 0 Å². The Balaban J connectivity index is 1.98. The molecule has 0 unspecified atom stereocenters. The number of nitrogens with one attached hydrogen (secondary N) is 2. The molecule has 1 aromatic carbocycles. The predicted molar refractivity (Wildman–Crippen MR) is 87.1 cm³/mol. The molecule has 0 fully saturated rings. The number of carbonyl (C=O) groups excluding carboxylic acids is 1. The Morgan fingerprint density at radius 1 is 1.41 bits per heavy atom. The average Bonchev–Trinajstić information content (AvgIpc) is 2.80. The van der Waals surface area contributed by atoms with Gasteiger partial charge in [-0.25, -0.2) is 4.79 Å². The molecule has 5 nitrogen and oxygen atoms in total. The lowest BCUT2D eigenvalue weighted by atomic mass is 10.1. The van der Waals surface area contributed by atoms with Gasteiger partial charge in [0.25, 0.3) is 0 Å². The number of fused-ring (bicyclic) bond motifs is 1. The van der Waals surface area contributed by atoms with E-state index in [2.05, 4.69) is 16.9 Å². The summed E-state index contributed by atoms with van der Waals surface area (Å²) in [6, 6.07) is 5.79. The number of amides is 1. The molecular formula is C17H22N2O3. The number of rotatable bonds is 5. The van der Waals surface area contributed by atoms with Gasteiger partial charge in [-0.05, 0) is 51.0 Å². The molecule has 2 rings (SSSR count). The number of carbonyl (C=O) groups is 1. The highest BCUT2D eigenvalue weighted by atomic mass is 16.6. The predicted octanol–water partition coefficient (Wildman–Crippen LogP) is 3.76. The minimum absolute atomic E-state index is 0.400. The lowest BCUT2D eigenvalue weighted by Crippen LogP contribution is -2.33. The molecule has 1 heterocycles. The highest BCUT2D eigenvalue weighted by molar-refractivity contribution is 5.84. The van der Waals surface area contributed by atoms with Crippen LogP contribution in [0.4, 0.5) is 4.79 Å². The van der Waals surface area contributed by atoms with Crippen LogP contribution in [0.2, 0.25) is 0 Å². The van der Waals surface area contributed by atoms with Gasteiger partial charge in [0, 0.05) is 23.6 Å². The lowest BCUT2D eigenvalue weighted by Gasteiger charge is -2.19. The summed E-state index contributed by atoms with van der Waals surface area (Å²) in [4.78, 5) is 14.8. The molecule has 0 atom stereocenters. The monoisotopic (exact) mass is 302 g/mol. The summed E-state index contributed by atoms with van der Waals surface area (Å²) in [7, 11) is 0. The molecule has 1 amide bonds. The normalized spacial score (nSPS) is 11.2. The molecule has 2 aromatic rings. The van der Waals surface area contributed by atoms with E-state index in [1.807, 2.05) is 45.2 Å². The topological polar surface area (TPSA) is 63.3 Å². The third kappa shape index (κ3) is 4.28. The third-order valence-electron chi connectivity index (χ3n) is 3.02. The molecule has 0 aliphatic carbocycles. The second-order valence-electron chi connectivity index (χ2n) is 5.98. The van der Waals surface area contributed by atoms with Crippen molar-refractivity contribution in [3.63, 3.8) is 0 Å². The molecular weight excluding hydrogens is 280 g/mol. The molecule has 0 spiro atoms. The summed E-state index contributed by atoms with van der Waals surface area (Å²) in [5, 5.41) is 3.83. The summed E-state index contributed by atoms with van der Waals surface area (Å²) in [6.45, 7) is 9.58. The maximum absolute atomic E-state index is 11.6. The van der Waals surface area contributed by atoms with Crippen LogP contribution in [0.5, 0.6) is 5.75 Å². The fraction of sp³-hybridized carbons (Fsp3) is 0.353. The second kappa shape index (κ2) is 6.56. The van der Waals surface area contributed by atoms with E-state index in [-0.39, 0.29) is 0 Å². The Bertz CT molecular complexity index is 668. The van der Waals surface area contributed by atoms with Crippen LogP contribution in [0.1, 0.15) is 26.3 Å².